The Kier molecular flexibility index (Phi) is 4.92. The average Bonchev–Trinajstić information content (AvgIpc) is 2.62. The fourth-order valence-corrected chi connectivity index (χ4v) is 3.09. The highest BCUT2D eigenvalue weighted by Gasteiger charge is 2.33. The van der Waals surface area contributed by atoms with Crippen molar-refractivity contribution >= 4 is 5.97 Å². The van der Waals surface area contributed by atoms with Crippen LogP contribution in [0, 0.1) is 5.82 Å². The summed E-state index contributed by atoms with van der Waals surface area (Å²) in [6.07, 6.45) is 1.62. The fourth-order valence-electron chi connectivity index (χ4n) is 3.09. The molecule has 0 atom stereocenters. The van der Waals surface area contributed by atoms with Crippen LogP contribution in [0.5, 0.6) is 0 Å². The summed E-state index contributed by atoms with van der Waals surface area (Å²) in [4.78, 5) is 10.9. The average molecular weight is 329 g/mol. The predicted octanol–water partition coefficient (Wildman–Crippen LogP) is 3.32. The molecule has 2 aromatic carbocycles. The highest BCUT2D eigenvalue weighted by molar-refractivity contribution is 5.87. The largest absolute Gasteiger partial charge is 0.478 e. The van der Waals surface area contributed by atoms with Gasteiger partial charge in [-0.15, -0.1) is 0 Å². The number of aromatic carboxylic acids is 1. The summed E-state index contributed by atoms with van der Waals surface area (Å²) in [6.45, 7) is 1.92. The highest BCUT2D eigenvalue weighted by Crippen LogP contribution is 2.32. The van der Waals surface area contributed by atoms with Crippen molar-refractivity contribution in [3.05, 3.63) is 71.0 Å². The van der Waals surface area contributed by atoms with Crippen LogP contribution >= 0.6 is 0 Å². The van der Waals surface area contributed by atoms with E-state index in [1.807, 2.05) is 24.3 Å². The Hall–Kier alpha value is -2.24. The lowest BCUT2D eigenvalue weighted by atomic mass is 9.82. The summed E-state index contributed by atoms with van der Waals surface area (Å²) in [6, 6.07) is 13.4. The second-order valence-corrected chi connectivity index (χ2v) is 6.06. The molecular weight excluding hydrogens is 309 g/mol. The molecule has 1 fully saturated rings. The maximum absolute atomic E-state index is 13.2. The fraction of sp³-hybridized carbons (Fsp3) is 0.316. The summed E-state index contributed by atoms with van der Waals surface area (Å²) in [5, 5.41) is 12.5. The van der Waals surface area contributed by atoms with Crippen LogP contribution in [-0.4, -0.2) is 24.3 Å². The van der Waals surface area contributed by atoms with Gasteiger partial charge in [0.05, 0.1) is 5.56 Å². The Bertz CT molecular complexity index is 692. The van der Waals surface area contributed by atoms with E-state index >= 15 is 0 Å². The predicted molar refractivity (Wildman–Crippen MR) is 88.4 cm³/mol. The Labute approximate surface area is 140 Å². The molecule has 5 heteroatoms. The number of nitrogens with one attached hydrogen (secondary N) is 1. The lowest BCUT2D eigenvalue weighted by Crippen LogP contribution is -2.46. The summed E-state index contributed by atoms with van der Waals surface area (Å²) < 4.78 is 18.7. The number of carbonyl (C=O) groups is 1. The van der Waals surface area contributed by atoms with E-state index in [1.54, 1.807) is 12.1 Å². The summed E-state index contributed by atoms with van der Waals surface area (Å²) in [5.41, 5.74) is 2.08. The van der Waals surface area contributed by atoms with E-state index in [-0.39, 0.29) is 16.9 Å². The molecule has 0 unspecified atom stereocenters. The second-order valence-electron chi connectivity index (χ2n) is 6.06. The molecule has 0 saturated carbocycles. The third-order valence-corrected chi connectivity index (χ3v) is 4.57. The third kappa shape index (κ3) is 3.63. The molecule has 0 aromatic heterocycles. The zero-order chi connectivity index (χ0) is 17.0. The first-order valence-corrected chi connectivity index (χ1v) is 8.00. The SMILES string of the molecule is O=C(O)c1ccc(CNC2(c3ccc(F)cc3)CCOCC2)cc1. The Balaban J connectivity index is 1.77. The first-order chi connectivity index (χ1) is 11.6. The Morgan fingerprint density at radius 1 is 1.08 bits per heavy atom. The van der Waals surface area contributed by atoms with Gasteiger partial charge in [-0.25, -0.2) is 9.18 Å². The number of ether oxygens (including phenoxy) is 1. The molecule has 0 spiro atoms. The van der Waals surface area contributed by atoms with Gasteiger partial charge in [-0.1, -0.05) is 24.3 Å². The molecule has 1 saturated heterocycles. The van der Waals surface area contributed by atoms with Crippen LogP contribution in [0.1, 0.15) is 34.3 Å². The molecule has 126 valence electrons. The van der Waals surface area contributed by atoms with Crippen LogP contribution in [0.4, 0.5) is 4.39 Å². The minimum atomic E-state index is -0.929. The van der Waals surface area contributed by atoms with Crippen molar-refractivity contribution in [3.63, 3.8) is 0 Å². The number of hydrogen-bond donors (Lipinski definition) is 2. The smallest absolute Gasteiger partial charge is 0.335 e. The normalized spacial score (nSPS) is 16.7. The van der Waals surface area contributed by atoms with Gasteiger partial charge < -0.3 is 15.2 Å². The monoisotopic (exact) mass is 329 g/mol. The third-order valence-electron chi connectivity index (χ3n) is 4.57. The molecule has 3 rings (SSSR count). The van der Waals surface area contributed by atoms with Crippen molar-refractivity contribution in [2.24, 2.45) is 0 Å². The first kappa shape index (κ1) is 16.6. The maximum Gasteiger partial charge on any atom is 0.335 e. The van der Waals surface area contributed by atoms with E-state index in [0.29, 0.717) is 19.8 Å². The molecule has 0 bridgehead atoms. The number of halogens is 1. The van der Waals surface area contributed by atoms with E-state index in [9.17, 15) is 9.18 Å². The number of carboxylic acid groups (broad SMARTS) is 1. The van der Waals surface area contributed by atoms with Gasteiger partial charge in [-0.2, -0.15) is 0 Å². The van der Waals surface area contributed by atoms with Gasteiger partial charge >= 0.3 is 5.97 Å². The van der Waals surface area contributed by atoms with Crippen LogP contribution in [0.2, 0.25) is 0 Å². The lowest BCUT2D eigenvalue weighted by Gasteiger charge is -2.39. The van der Waals surface area contributed by atoms with Crippen molar-refractivity contribution in [2.75, 3.05) is 13.2 Å². The van der Waals surface area contributed by atoms with Crippen molar-refractivity contribution < 1.29 is 19.0 Å². The van der Waals surface area contributed by atoms with Crippen LogP contribution in [0.3, 0.4) is 0 Å². The standard InChI is InChI=1S/C19H20FNO3/c20-17-7-5-16(6-8-17)19(9-11-24-12-10-19)21-13-14-1-3-15(4-2-14)18(22)23/h1-8,21H,9-13H2,(H,22,23). The molecule has 2 N–H and O–H groups in total. The molecule has 1 heterocycles. The van der Waals surface area contributed by atoms with Gasteiger partial charge in [0.2, 0.25) is 0 Å². The Morgan fingerprint density at radius 3 is 2.29 bits per heavy atom. The molecular formula is C19H20FNO3. The topological polar surface area (TPSA) is 58.6 Å². The molecule has 1 aliphatic rings. The first-order valence-electron chi connectivity index (χ1n) is 8.00. The number of rotatable bonds is 5. The zero-order valence-corrected chi connectivity index (χ0v) is 13.3. The molecule has 24 heavy (non-hydrogen) atoms. The van der Waals surface area contributed by atoms with Gasteiger partial charge in [0, 0.05) is 25.3 Å². The van der Waals surface area contributed by atoms with Crippen LogP contribution in [0.25, 0.3) is 0 Å². The molecule has 0 aliphatic carbocycles. The van der Waals surface area contributed by atoms with Crippen molar-refractivity contribution in [1.82, 2.24) is 5.32 Å². The maximum atomic E-state index is 13.2. The van der Waals surface area contributed by atoms with Crippen LogP contribution in [-0.2, 0) is 16.8 Å². The van der Waals surface area contributed by atoms with E-state index in [2.05, 4.69) is 5.32 Å². The van der Waals surface area contributed by atoms with Crippen molar-refractivity contribution in [3.8, 4) is 0 Å². The van der Waals surface area contributed by atoms with Crippen LogP contribution in [0.15, 0.2) is 48.5 Å². The highest BCUT2D eigenvalue weighted by atomic mass is 19.1. The van der Waals surface area contributed by atoms with E-state index in [4.69, 9.17) is 9.84 Å². The summed E-state index contributed by atoms with van der Waals surface area (Å²) in [7, 11) is 0. The molecule has 0 radical (unpaired) electrons. The van der Waals surface area contributed by atoms with Gasteiger partial charge in [-0.3, -0.25) is 0 Å². The molecule has 2 aromatic rings. The summed E-state index contributed by atoms with van der Waals surface area (Å²) >= 11 is 0. The Morgan fingerprint density at radius 2 is 1.71 bits per heavy atom. The minimum Gasteiger partial charge on any atom is -0.478 e. The zero-order valence-electron chi connectivity index (χ0n) is 13.3. The van der Waals surface area contributed by atoms with Crippen molar-refractivity contribution in [1.29, 1.82) is 0 Å². The molecule has 1 aliphatic heterocycles. The van der Waals surface area contributed by atoms with Crippen LogP contribution < -0.4 is 5.32 Å². The second kappa shape index (κ2) is 7.11. The van der Waals surface area contributed by atoms with Gasteiger partial charge in [0.15, 0.2) is 0 Å². The molecule has 4 nitrogen and oxygen atoms in total. The van der Waals surface area contributed by atoms with E-state index in [0.717, 1.165) is 24.0 Å². The number of hydrogen-bond acceptors (Lipinski definition) is 3. The number of benzene rings is 2. The number of carboxylic acids is 1. The van der Waals surface area contributed by atoms with Crippen molar-refractivity contribution in [2.45, 2.75) is 24.9 Å². The summed E-state index contributed by atoms with van der Waals surface area (Å²) in [5.74, 6) is -1.17. The molecule has 0 amide bonds. The minimum absolute atomic E-state index is 0.245. The van der Waals surface area contributed by atoms with E-state index < -0.39 is 5.97 Å². The van der Waals surface area contributed by atoms with Gasteiger partial charge in [0.1, 0.15) is 5.82 Å². The van der Waals surface area contributed by atoms with Gasteiger partial charge in [0.25, 0.3) is 0 Å². The quantitative estimate of drug-likeness (QED) is 0.883. The lowest BCUT2D eigenvalue weighted by molar-refractivity contribution is 0.0357. The van der Waals surface area contributed by atoms with Gasteiger partial charge in [-0.05, 0) is 48.2 Å². The van der Waals surface area contributed by atoms with E-state index in [1.165, 1.54) is 12.1 Å².